The fourth-order valence-electron chi connectivity index (χ4n) is 2.31. The molecule has 1 aromatic heterocycles. The SMILES string of the molecule is CN(C)C1CCN(c2ccc(CO)cn2)CC1. The lowest BCUT2D eigenvalue weighted by Crippen LogP contribution is -2.42. The summed E-state index contributed by atoms with van der Waals surface area (Å²) in [7, 11) is 4.29. The van der Waals surface area contributed by atoms with Crippen molar-refractivity contribution in [2.75, 3.05) is 32.1 Å². The molecule has 17 heavy (non-hydrogen) atoms. The van der Waals surface area contributed by atoms with E-state index < -0.39 is 0 Å². The molecule has 4 nitrogen and oxygen atoms in total. The summed E-state index contributed by atoms with van der Waals surface area (Å²) in [4.78, 5) is 9.02. The van der Waals surface area contributed by atoms with E-state index in [0.717, 1.165) is 24.5 Å². The van der Waals surface area contributed by atoms with E-state index in [9.17, 15) is 0 Å². The average molecular weight is 235 g/mol. The van der Waals surface area contributed by atoms with E-state index in [4.69, 9.17) is 5.11 Å². The smallest absolute Gasteiger partial charge is 0.128 e. The lowest BCUT2D eigenvalue weighted by atomic mass is 10.0. The zero-order valence-corrected chi connectivity index (χ0v) is 10.6. The van der Waals surface area contributed by atoms with Gasteiger partial charge in [-0.2, -0.15) is 0 Å². The Kier molecular flexibility index (Phi) is 3.97. The molecular weight excluding hydrogens is 214 g/mol. The molecule has 1 aromatic rings. The quantitative estimate of drug-likeness (QED) is 0.852. The Morgan fingerprint density at radius 3 is 2.53 bits per heavy atom. The molecule has 0 radical (unpaired) electrons. The predicted molar refractivity (Wildman–Crippen MR) is 69.1 cm³/mol. The average Bonchev–Trinajstić information content (AvgIpc) is 2.39. The minimum atomic E-state index is 0.0655. The summed E-state index contributed by atoms with van der Waals surface area (Å²) >= 11 is 0. The van der Waals surface area contributed by atoms with Crippen LogP contribution in [-0.2, 0) is 6.61 Å². The van der Waals surface area contributed by atoms with Crippen molar-refractivity contribution < 1.29 is 5.11 Å². The van der Waals surface area contributed by atoms with Gasteiger partial charge in [0.15, 0.2) is 0 Å². The van der Waals surface area contributed by atoms with Crippen LogP contribution in [0.3, 0.4) is 0 Å². The third kappa shape index (κ3) is 2.96. The van der Waals surface area contributed by atoms with E-state index in [-0.39, 0.29) is 6.61 Å². The number of aliphatic hydroxyl groups is 1. The van der Waals surface area contributed by atoms with Crippen molar-refractivity contribution in [1.82, 2.24) is 9.88 Å². The molecule has 2 rings (SSSR count). The standard InChI is InChI=1S/C13H21N3O/c1-15(2)12-5-7-16(8-6-12)13-4-3-11(10-17)9-14-13/h3-4,9,12,17H,5-8,10H2,1-2H3. The van der Waals surface area contributed by atoms with Crippen LogP contribution in [0.1, 0.15) is 18.4 Å². The van der Waals surface area contributed by atoms with Crippen molar-refractivity contribution in [1.29, 1.82) is 0 Å². The van der Waals surface area contributed by atoms with Gasteiger partial charge in [-0.25, -0.2) is 4.98 Å². The van der Waals surface area contributed by atoms with E-state index in [1.54, 1.807) is 6.20 Å². The van der Waals surface area contributed by atoms with Gasteiger partial charge in [0.2, 0.25) is 0 Å². The Balaban J connectivity index is 1.95. The molecule has 4 heteroatoms. The fourth-order valence-corrected chi connectivity index (χ4v) is 2.31. The van der Waals surface area contributed by atoms with Crippen molar-refractivity contribution in [3.8, 4) is 0 Å². The van der Waals surface area contributed by atoms with Gasteiger partial charge in [-0.15, -0.1) is 0 Å². The van der Waals surface area contributed by atoms with Gasteiger partial charge >= 0.3 is 0 Å². The van der Waals surface area contributed by atoms with Crippen molar-refractivity contribution in [2.24, 2.45) is 0 Å². The first-order valence-electron chi connectivity index (χ1n) is 6.18. The number of nitrogens with zero attached hydrogens (tertiary/aromatic N) is 3. The summed E-state index contributed by atoms with van der Waals surface area (Å²) in [5.41, 5.74) is 0.872. The molecule has 0 bridgehead atoms. The molecule has 0 spiro atoms. The highest BCUT2D eigenvalue weighted by Crippen LogP contribution is 2.19. The number of hydrogen-bond donors (Lipinski definition) is 1. The second kappa shape index (κ2) is 5.47. The van der Waals surface area contributed by atoms with Crippen LogP contribution in [0, 0.1) is 0 Å². The fraction of sp³-hybridized carbons (Fsp3) is 0.615. The van der Waals surface area contributed by atoms with Crippen LogP contribution in [0.25, 0.3) is 0 Å². The van der Waals surface area contributed by atoms with Gasteiger partial charge in [0.25, 0.3) is 0 Å². The van der Waals surface area contributed by atoms with Crippen LogP contribution in [0.15, 0.2) is 18.3 Å². The number of aromatic nitrogens is 1. The zero-order chi connectivity index (χ0) is 12.3. The van der Waals surface area contributed by atoms with Crippen molar-refractivity contribution >= 4 is 5.82 Å². The summed E-state index contributed by atoms with van der Waals surface area (Å²) in [6, 6.07) is 4.64. The third-order valence-electron chi connectivity index (χ3n) is 3.51. The molecule has 1 fully saturated rings. The van der Waals surface area contributed by atoms with Crippen LogP contribution < -0.4 is 4.90 Å². The summed E-state index contributed by atoms with van der Waals surface area (Å²) in [6.07, 6.45) is 4.14. The molecule has 1 aliphatic heterocycles. The second-order valence-electron chi connectivity index (χ2n) is 4.86. The monoisotopic (exact) mass is 235 g/mol. The first-order chi connectivity index (χ1) is 8.20. The molecule has 0 saturated carbocycles. The first kappa shape index (κ1) is 12.3. The van der Waals surface area contributed by atoms with E-state index >= 15 is 0 Å². The molecular formula is C13H21N3O. The summed E-state index contributed by atoms with van der Waals surface area (Å²) in [5.74, 6) is 1.03. The number of aliphatic hydroxyl groups excluding tert-OH is 1. The number of hydrogen-bond acceptors (Lipinski definition) is 4. The highest BCUT2D eigenvalue weighted by Gasteiger charge is 2.21. The van der Waals surface area contributed by atoms with Crippen molar-refractivity contribution in [3.63, 3.8) is 0 Å². The molecule has 1 aliphatic rings. The first-order valence-corrected chi connectivity index (χ1v) is 6.18. The summed E-state index contributed by atoms with van der Waals surface area (Å²) in [5, 5.41) is 8.98. The Morgan fingerprint density at radius 2 is 2.06 bits per heavy atom. The topological polar surface area (TPSA) is 39.6 Å². The van der Waals surface area contributed by atoms with Crippen molar-refractivity contribution in [2.45, 2.75) is 25.5 Å². The minimum Gasteiger partial charge on any atom is -0.392 e. The Hall–Kier alpha value is -1.13. The van der Waals surface area contributed by atoms with Crippen LogP contribution >= 0.6 is 0 Å². The van der Waals surface area contributed by atoms with Gasteiger partial charge < -0.3 is 14.9 Å². The summed E-state index contributed by atoms with van der Waals surface area (Å²) < 4.78 is 0. The molecule has 0 aliphatic carbocycles. The Bertz CT molecular complexity index is 342. The zero-order valence-electron chi connectivity index (χ0n) is 10.6. The van der Waals surface area contributed by atoms with Crippen LogP contribution in [0.4, 0.5) is 5.82 Å². The van der Waals surface area contributed by atoms with Gasteiger partial charge in [-0.05, 0) is 38.6 Å². The van der Waals surface area contributed by atoms with Gasteiger partial charge in [0.05, 0.1) is 6.61 Å². The summed E-state index contributed by atoms with van der Waals surface area (Å²) in [6.45, 7) is 2.19. The molecule has 2 heterocycles. The van der Waals surface area contributed by atoms with Gasteiger partial charge in [-0.1, -0.05) is 6.07 Å². The molecule has 1 N–H and O–H groups in total. The van der Waals surface area contributed by atoms with E-state index in [1.165, 1.54) is 12.8 Å². The van der Waals surface area contributed by atoms with Gasteiger partial charge in [-0.3, -0.25) is 0 Å². The van der Waals surface area contributed by atoms with E-state index in [0.29, 0.717) is 6.04 Å². The maximum absolute atomic E-state index is 8.98. The number of rotatable bonds is 3. The normalized spacial score (nSPS) is 17.8. The Labute approximate surface area is 103 Å². The van der Waals surface area contributed by atoms with Gasteiger partial charge in [0.1, 0.15) is 5.82 Å². The van der Waals surface area contributed by atoms with Crippen LogP contribution in [0.2, 0.25) is 0 Å². The van der Waals surface area contributed by atoms with E-state index in [1.807, 2.05) is 12.1 Å². The van der Waals surface area contributed by atoms with Crippen LogP contribution in [-0.4, -0.2) is 48.2 Å². The number of pyridine rings is 1. The largest absolute Gasteiger partial charge is 0.392 e. The lowest BCUT2D eigenvalue weighted by Gasteiger charge is -2.35. The minimum absolute atomic E-state index is 0.0655. The predicted octanol–water partition coefficient (Wildman–Crippen LogP) is 1.10. The molecule has 0 atom stereocenters. The van der Waals surface area contributed by atoms with Crippen molar-refractivity contribution in [3.05, 3.63) is 23.9 Å². The van der Waals surface area contributed by atoms with Crippen LogP contribution in [0.5, 0.6) is 0 Å². The molecule has 94 valence electrons. The van der Waals surface area contributed by atoms with Gasteiger partial charge in [0, 0.05) is 25.3 Å². The number of piperidine rings is 1. The lowest BCUT2D eigenvalue weighted by molar-refractivity contribution is 0.249. The maximum atomic E-state index is 8.98. The maximum Gasteiger partial charge on any atom is 0.128 e. The molecule has 0 unspecified atom stereocenters. The Morgan fingerprint density at radius 1 is 1.35 bits per heavy atom. The second-order valence-corrected chi connectivity index (χ2v) is 4.86. The molecule has 0 amide bonds. The molecule has 0 aromatic carbocycles. The number of anilines is 1. The third-order valence-corrected chi connectivity index (χ3v) is 3.51. The van der Waals surface area contributed by atoms with E-state index in [2.05, 4.69) is 28.9 Å². The highest BCUT2D eigenvalue weighted by molar-refractivity contribution is 5.39. The molecule has 1 saturated heterocycles. The highest BCUT2D eigenvalue weighted by atomic mass is 16.3.